The standard InChI is InChI=1S/C21H30N4O5/c1-14(16(23-20(29)30)11-15-7-5-4-6-8-15)9-10-17(26)22-12-19(28)25-13-18(27)24-21(25,2)3/h4-8,14,16,23H,9-13H2,1-3H3,(H,22,26)(H,24,27)(H,29,30). The number of nitrogens with zero attached hydrogens (tertiary/aromatic N) is 1. The number of nitrogens with one attached hydrogen (secondary N) is 3. The minimum Gasteiger partial charge on any atom is -0.465 e. The van der Waals surface area contributed by atoms with E-state index in [1.165, 1.54) is 4.90 Å². The van der Waals surface area contributed by atoms with Gasteiger partial charge in [-0.1, -0.05) is 37.3 Å². The molecule has 1 aliphatic heterocycles. The Labute approximate surface area is 176 Å². The largest absolute Gasteiger partial charge is 0.465 e. The van der Waals surface area contributed by atoms with E-state index in [0.717, 1.165) is 5.56 Å². The molecule has 0 aliphatic carbocycles. The number of carbonyl (C=O) groups is 4. The lowest BCUT2D eigenvalue weighted by Crippen LogP contribution is -2.51. The molecule has 1 aromatic rings. The summed E-state index contributed by atoms with van der Waals surface area (Å²) in [4.78, 5) is 48.6. The van der Waals surface area contributed by atoms with Crippen molar-refractivity contribution < 1.29 is 24.3 Å². The van der Waals surface area contributed by atoms with E-state index in [2.05, 4.69) is 16.0 Å². The lowest BCUT2D eigenvalue weighted by Gasteiger charge is -2.30. The Morgan fingerprint density at radius 3 is 2.47 bits per heavy atom. The van der Waals surface area contributed by atoms with Gasteiger partial charge in [-0.15, -0.1) is 0 Å². The highest BCUT2D eigenvalue weighted by Gasteiger charge is 2.39. The van der Waals surface area contributed by atoms with E-state index < -0.39 is 11.8 Å². The number of benzene rings is 1. The normalized spacial score (nSPS) is 17.0. The predicted octanol–water partition coefficient (Wildman–Crippen LogP) is 1.09. The topological polar surface area (TPSA) is 128 Å². The first kappa shape index (κ1) is 23.2. The van der Waals surface area contributed by atoms with Crippen LogP contribution in [0.4, 0.5) is 4.79 Å². The first-order valence-corrected chi connectivity index (χ1v) is 10.00. The van der Waals surface area contributed by atoms with E-state index in [4.69, 9.17) is 5.11 Å². The first-order valence-electron chi connectivity index (χ1n) is 10.00. The average molecular weight is 418 g/mol. The van der Waals surface area contributed by atoms with Crippen molar-refractivity contribution in [2.45, 2.75) is 51.7 Å². The number of carbonyl (C=O) groups excluding carboxylic acids is 3. The molecular formula is C21H30N4O5. The third-order valence-electron chi connectivity index (χ3n) is 5.28. The second-order valence-corrected chi connectivity index (χ2v) is 8.13. The number of rotatable bonds is 9. The smallest absolute Gasteiger partial charge is 0.404 e. The van der Waals surface area contributed by atoms with Gasteiger partial charge in [0.25, 0.3) is 0 Å². The fourth-order valence-electron chi connectivity index (χ4n) is 3.53. The van der Waals surface area contributed by atoms with E-state index in [9.17, 15) is 19.2 Å². The van der Waals surface area contributed by atoms with Gasteiger partial charge in [0, 0.05) is 12.5 Å². The van der Waals surface area contributed by atoms with Crippen LogP contribution in [0, 0.1) is 5.92 Å². The van der Waals surface area contributed by atoms with Crippen LogP contribution in [0.25, 0.3) is 0 Å². The second kappa shape index (κ2) is 10.1. The van der Waals surface area contributed by atoms with Gasteiger partial charge in [0.2, 0.25) is 17.7 Å². The van der Waals surface area contributed by atoms with Crippen molar-refractivity contribution in [3.63, 3.8) is 0 Å². The third-order valence-corrected chi connectivity index (χ3v) is 5.28. The van der Waals surface area contributed by atoms with Crippen LogP contribution in [-0.4, -0.2) is 58.6 Å². The van der Waals surface area contributed by atoms with Gasteiger partial charge in [0.15, 0.2) is 0 Å². The summed E-state index contributed by atoms with van der Waals surface area (Å²) < 4.78 is 0. The van der Waals surface area contributed by atoms with Gasteiger partial charge < -0.3 is 26.0 Å². The van der Waals surface area contributed by atoms with Crippen LogP contribution in [0.1, 0.15) is 39.2 Å². The van der Waals surface area contributed by atoms with E-state index in [1.807, 2.05) is 37.3 Å². The summed E-state index contributed by atoms with van der Waals surface area (Å²) in [6.45, 7) is 5.13. The van der Waals surface area contributed by atoms with Gasteiger partial charge in [-0.3, -0.25) is 14.4 Å². The van der Waals surface area contributed by atoms with E-state index in [1.54, 1.807) is 13.8 Å². The molecule has 0 saturated carbocycles. The molecule has 1 heterocycles. The maximum Gasteiger partial charge on any atom is 0.404 e. The molecule has 1 aromatic carbocycles. The molecule has 1 fully saturated rings. The van der Waals surface area contributed by atoms with Crippen molar-refractivity contribution in [3.05, 3.63) is 35.9 Å². The first-order chi connectivity index (χ1) is 14.1. The molecule has 4 amide bonds. The third kappa shape index (κ3) is 6.75. The van der Waals surface area contributed by atoms with E-state index >= 15 is 0 Å². The number of carboxylic acid groups (broad SMARTS) is 1. The summed E-state index contributed by atoms with van der Waals surface area (Å²) in [5.41, 5.74) is 0.232. The molecule has 0 aromatic heterocycles. The van der Waals surface area contributed by atoms with Gasteiger partial charge >= 0.3 is 6.09 Å². The number of hydrogen-bond donors (Lipinski definition) is 4. The van der Waals surface area contributed by atoms with Crippen LogP contribution in [0.15, 0.2) is 30.3 Å². The fourth-order valence-corrected chi connectivity index (χ4v) is 3.53. The summed E-state index contributed by atoms with van der Waals surface area (Å²) in [6.07, 6.45) is 0.0583. The van der Waals surface area contributed by atoms with Crippen molar-refractivity contribution in [1.82, 2.24) is 20.9 Å². The van der Waals surface area contributed by atoms with Gasteiger partial charge in [-0.25, -0.2) is 4.79 Å². The Morgan fingerprint density at radius 2 is 1.90 bits per heavy atom. The van der Waals surface area contributed by atoms with Crippen LogP contribution in [0.5, 0.6) is 0 Å². The quantitative estimate of drug-likeness (QED) is 0.477. The van der Waals surface area contributed by atoms with Gasteiger partial charge in [-0.2, -0.15) is 0 Å². The van der Waals surface area contributed by atoms with Crippen molar-refractivity contribution in [2.24, 2.45) is 5.92 Å². The zero-order valence-electron chi connectivity index (χ0n) is 17.6. The molecule has 2 unspecified atom stereocenters. The molecule has 1 aliphatic rings. The molecule has 0 spiro atoms. The lowest BCUT2D eigenvalue weighted by atomic mass is 9.91. The van der Waals surface area contributed by atoms with Crippen molar-refractivity contribution >= 4 is 23.8 Å². The maximum absolute atomic E-state index is 12.3. The molecule has 30 heavy (non-hydrogen) atoms. The van der Waals surface area contributed by atoms with E-state index in [-0.39, 0.29) is 49.2 Å². The zero-order chi connectivity index (χ0) is 22.3. The van der Waals surface area contributed by atoms with Crippen LogP contribution in [0.3, 0.4) is 0 Å². The predicted molar refractivity (Wildman–Crippen MR) is 110 cm³/mol. The molecule has 9 heteroatoms. The summed E-state index contributed by atoms with van der Waals surface area (Å²) in [5.74, 6) is -0.944. The van der Waals surface area contributed by atoms with Crippen LogP contribution in [0.2, 0.25) is 0 Å². The monoisotopic (exact) mass is 418 g/mol. The lowest BCUT2D eigenvalue weighted by molar-refractivity contribution is -0.136. The number of amides is 4. The van der Waals surface area contributed by atoms with Crippen molar-refractivity contribution in [3.8, 4) is 0 Å². The van der Waals surface area contributed by atoms with E-state index in [0.29, 0.717) is 12.8 Å². The van der Waals surface area contributed by atoms with Crippen molar-refractivity contribution in [1.29, 1.82) is 0 Å². The van der Waals surface area contributed by atoms with Crippen LogP contribution >= 0.6 is 0 Å². The Hall–Kier alpha value is -3.10. The highest BCUT2D eigenvalue weighted by molar-refractivity contribution is 5.91. The van der Waals surface area contributed by atoms with Gasteiger partial charge in [0.1, 0.15) is 12.2 Å². The summed E-state index contributed by atoms with van der Waals surface area (Å²) in [5, 5.41) is 17.0. The minimum atomic E-state index is -1.10. The fraction of sp³-hybridized carbons (Fsp3) is 0.524. The average Bonchev–Trinajstić information content (AvgIpc) is 2.96. The molecule has 0 radical (unpaired) electrons. The second-order valence-electron chi connectivity index (χ2n) is 8.13. The van der Waals surface area contributed by atoms with Crippen molar-refractivity contribution in [2.75, 3.05) is 13.1 Å². The highest BCUT2D eigenvalue weighted by atomic mass is 16.4. The Morgan fingerprint density at radius 1 is 1.23 bits per heavy atom. The molecule has 0 bridgehead atoms. The molecule has 2 rings (SSSR count). The van der Waals surface area contributed by atoms with Gasteiger partial charge in [-0.05, 0) is 38.2 Å². The Kier molecular flexibility index (Phi) is 7.79. The SMILES string of the molecule is CC(CCC(=O)NCC(=O)N1CC(=O)NC1(C)C)C(Cc1ccccc1)NC(=O)O. The minimum absolute atomic E-state index is 0.0270. The number of hydrogen-bond acceptors (Lipinski definition) is 4. The molecule has 4 N–H and O–H groups in total. The summed E-state index contributed by atoms with van der Waals surface area (Å²) in [7, 11) is 0. The summed E-state index contributed by atoms with van der Waals surface area (Å²) >= 11 is 0. The zero-order valence-corrected chi connectivity index (χ0v) is 17.6. The molecule has 1 saturated heterocycles. The maximum atomic E-state index is 12.3. The molecule has 2 atom stereocenters. The molecule has 164 valence electrons. The Balaban J connectivity index is 1.82. The Bertz CT molecular complexity index is 781. The highest BCUT2D eigenvalue weighted by Crippen LogP contribution is 2.17. The molecule has 9 nitrogen and oxygen atoms in total. The molecular weight excluding hydrogens is 388 g/mol. The summed E-state index contributed by atoms with van der Waals surface area (Å²) in [6, 6.07) is 9.22. The van der Waals surface area contributed by atoms with Crippen LogP contribution in [-0.2, 0) is 20.8 Å². The van der Waals surface area contributed by atoms with Gasteiger partial charge in [0.05, 0.1) is 6.54 Å². The van der Waals surface area contributed by atoms with Crippen LogP contribution < -0.4 is 16.0 Å².